The molecule has 104 valence electrons. The Labute approximate surface area is 114 Å². The number of piperidine rings is 1. The van der Waals surface area contributed by atoms with E-state index in [9.17, 15) is 0 Å². The summed E-state index contributed by atoms with van der Waals surface area (Å²) in [5.74, 6) is 2.18. The van der Waals surface area contributed by atoms with Crippen LogP contribution in [0.1, 0.15) is 25.7 Å². The number of anilines is 1. The van der Waals surface area contributed by atoms with Gasteiger partial charge in [-0.2, -0.15) is 4.98 Å². The fourth-order valence-corrected chi connectivity index (χ4v) is 3.23. The summed E-state index contributed by atoms with van der Waals surface area (Å²) in [5, 5.41) is 3.63. The van der Waals surface area contributed by atoms with Crippen LogP contribution in [-0.2, 0) is 0 Å². The second-order valence-corrected chi connectivity index (χ2v) is 5.45. The van der Waals surface area contributed by atoms with Gasteiger partial charge in [0.15, 0.2) is 0 Å². The summed E-state index contributed by atoms with van der Waals surface area (Å²) in [4.78, 5) is 11.1. The topological polar surface area (TPSA) is 50.3 Å². The van der Waals surface area contributed by atoms with Crippen LogP contribution in [0.5, 0.6) is 5.88 Å². The highest BCUT2D eigenvalue weighted by molar-refractivity contribution is 5.32. The molecule has 1 aromatic rings. The van der Waals surface area contributed by atoms with E-state index in [4.69, 9.17) is 4.74 Å². The molecule has 5 heteroatoms. The molecule has 2 aliphatic heterocycles. The van der Waals surface area contributed by atoms with Crippen LogP contribution in [0.4, 0.5) is 5.95 Å². The van der Waals surface area contributed by atoms with Crippen molar-refractivity contribution in [3.8, 4) is 5.88 Å². The minimum atomic E-state index is 0.645. The van der Waals surface area contributed by atoms with Gasteiger partial charge in [-0.15, -0.1) is 0 Å². The summed E-state index contributed by atoms with van der Waals surface area (Å²) in [6.45, 7) is 3.29. The number of methoxy groups -OCH3 is 1. The number of hydrogen-bond donors (Lipinski definition) is 1. The maximum atomic E-state index is 5.18. The third kappa shape index (κ3) is 2.81. The molecular weight excluding hydrogens is 240 g/mol. The molecule has 1 N–H and O–H groups in total. The molecule has 0 bridgehead atoms. The molecule has 0 saturated carbocycles. The van der Waals surface area contributed by atoms with E-state index in [1.165, 1.54) is 32.2 Å². The van der Waals surface area contributed by atoms with E-state index >= 15 is 0 Å². The summed E-state index contributed by atoms with van der Waals surface area (Å²) in [6.07, 6.45) is 6.95. The molecule has 3 rings (SSSR count). The van der Waals surface area contributed by atoms with Crippen LogP contribution < -0.4 is 15.0 Å². The molecule has 3 heterocycles. The molecule has 0 radical (unpaired) electrons. The standard InChI is InChI=1S/C14H22N4O/c1-19-13-6-8-16-14(17-13)18-9-3-4-11(10-18)12-5-2-7-15-12/h6,8,11-12,15H,2-5,7,9-10H2,1H3. The van der Waals surface area contributed by atoms with E-state index in [-0.39, 0.29) is 0 Å². The fourth-order valence-electron chi connectivity index (χ4n) is 3.23. The first-order valence-electron chi connectivity index (χ1n) is 7.22. The molecule has 0 aromatic carbocycles. The van der Waals surface area contributed by atoms with Gasteiger partial charge in [-0.3, -0.25) is 0 Å². The molecular formula is C14H22N4O. The summed E-state index contributed by atoms with van der Waals surface area (Å²) in [6, 6.07) is 2.48. The Bertz CT molecular complexity index is 420. The Balaban J connectivity index is 1.69. The average molecular weight is 262 g/mol. The van der Waals surface area contributed by atoms with Crippen LogP contribution in [0.2, 0.25) is 0 Å². The molecule has 5 nitrogen and oxygen atoms in total. The number of ether oxygens (including phenoxy) is 1. The molecule has 19 heavy (non-hydrogen) atoms. The molecule has 0 amide bonds. The molecule has 0 aliphatic carbocycles. The zero-order chi connectivity index (χ0) is 13.1. The second kappa shape index (κ2) is 5.74. The number of nitrogens with one attached hydrogen (secondary N) is 1. The van der Waals surface area contributed by atoms with E-state index in [1.54, 1.807) is 19.4 Å². The van der Waals surface area contributed by atoms with Gasteiger partial charge in [0.05, 0.1) is 7.11 Å². The third-order valence-corrected chi connectivity index (χ3v) is 4.23. The van der Waals surface area contributed by atoms with Crippen molar-refractivity contribution in [1.29, 1.82) is 0 Å². The largest absolute Gasteiger partial charge is 0.481 e. The van der Waals surface area contributed by atoms with E-state index in [0.717, 1.165) is 25.0 Å². The van der Waals surface area contributed by atoms with Crippen LogP contribution in [0.25, 0.3) is 0 Å². The molecule has 2 aliphatic rings. The number of rotatable bonds is 3. The lowest BCUT2D eigenvalue weighted by molar-refractivity contribution is 0.325. The molecule has 2 fully saturated rings. The average Bonchev–Trinajstić information content (AvgIpc) is 3.02. The van der Waals surface area contributed by atoms with E-state index in [0.29, 0.717) is 11.9 Å². The highest BCUT2D eigenvalue weighted by Gasteiger charge is 2.29. The molecule has 1 aromatic heterocycles. The van der Waals surface area contributed by atoms with Crippen LogP contribution in [0.15, 0.2) is 12.3 Å². The van der Waals surface area contributed by atoms with Crippen molar-refractivity contribution in [2.45, 2.75) is 31.7 Å². The summed E-state index contributed by atoms with van der Waals surface area (Å²) in [7, 11) is 1.65. The second-order valence-electron chi connectivity index (χ2n) is 5.45. The maximum absolute atomic E-state index is 5.18. The maximum Gasteiger partial charge on any atom is 0.228 e. The van der Waals surface area contributed by atoms with Crippen molar-refractivity contribution in [1.82, 2.24) is 15.3 Å². The van der Waals surface area contributed by atoms with Gasteiger partial charge in [-0.25, -0.2) is 4.98 Å². The number of hydrogen-bond acceptors (Lipinski definition) is 5. The fraction of sp³-hybridized carbons (Fsp3) is 0.714. The summed E-state index contributed by atoms with van der Waals surface area (Å²) >= 11 is 0. The van der Waals surface area contributed by atoms with Crippen molar-refractivity contribution in [2.24, 2.45) is 5.92 Å². The third-order valence-electron chi connectivity index (χ3n) is 4.23. The summed E-state index contributed by atoms with van der Waals surface area (Å²) < 4.78 is 5.18. The van der Waals surface area contributed by atoms with E-state index in [1.807, 2.05) is 0 Å². The van der Waals surface area contributed by atoms with Crippen LogP contribution in [0.3, 0.4) is 0 Å². The molecule has 0 spiro atoms. The van der Waals surface area contributed by atoms with E-state index < -0.39 is 0 Å². The van der Waals surface area contributed by atoms with Crippen molar-refractivity contribution < 1.29 is 4.74 Å². The number of aromatic nitrogens is 2. The normalized spacial score (nSPS) is 27.5. The predicted molar refractivity (Wildman–Crippen MR) is 74.5 cm³/mol. The predicted octanol–water partition coefficient (Wildman–Crippen LogP) is 1.45. The Morgan fingerprint density at radius 1 is 1.37 bits per heavy atom. The minimum absolute atomic E-state index is 0.645. The Kier molecular flexibility index (Phi) is 3.82. The van der Waals surface area contributed by atoms with Gasteiger partial charge in [-0.05, 0) is 38.1 Å². The van der Waals surface area contributed by atoms with E-state index in [2.05, 4.69) is 20.2 Å². The van der Waals surface area contributed by atoms with Gasteiger partial charge in [0.1, 0.15) is 0 Å². The Hall–Kier alpha value is -1.36. The van der Waals surface area contributed by atoms with Crippen molar-refractivity contribution in [3.05, 3.63) is 12.3 Å². The zero-order valence-corrected chi connectivity index (χ0v) is 11.5. The molecule has 2 atom stereocenters. The van der Waals surface area contributed by atoms with Crippen molar-refractivity contribution in [2.75, 3.05) is 31.6 Å². The quantitative estimate of drug-likeness (QED) is 0.893. The lowest BCUT2D eigenvalue weighted by Crippen LogP contribution is -2.44. The monoisotopic (exact) mass is 262 g/mol. The van der Waals surface area contributed by atoms with Crippen LogP contribution in [0, 0.1) is 5.92 Å². The Morgan fingerprint density at radius 2 is 2.32 bits per heavy atom. The van der Waals surface area contributed by atoms with Gasteiger partial charge >= 0.3 is 0 Å². The first kappa shape index (κ1) is 12.7. The minimum Gasteiger partial charge on any atom is -0.481 e. The van der Waals surface area contributed by atoms with Crippen LogP contribution in [-0.4, -0.2) is 42.8 Å². The highest BCUT2D eigenvalue weighted by Crippen LogP contribution is 2.27. The first-order chi connectivity index (χ1) is 9.36. The van der Waals surface area contributed by atoms with Crippen molar-refractivity contribution >= 4 is 5.95 Å². The zero-order valence-electron chi connectivity index (χ0n) is 11.5. The number of nitrogens with zero attached hydrogens (tertiary/aromatic N) is 3. The summed E-state index contributed by atoms with van der Waals surface area (Å²) in [5.41, 5.74) is 0. The van der Waals surface area contributed by atoms with Crippen molar-refractivity contribution in [3.63, 3.8) is 0 Å². The molecule has 2 saturated heterocycles. The van der Waals surface area contributed by atoms with Gasteiger partial charge in [0, 0.05) is 31.4 Å². The van der Waals surface area contributed by atoms with Gasteiger partial charge in [-0.1, -0.05) is 0 Å². The van der Waals surface area contributed by atoms with Gasteiger partial charge < -0.3 is 15.0 Å². The van der Waals surface area contributed by atoms with Gasteiger partial charge in [0.25, 0.3) is 0 Å². The SMILES string of the molecule is COc1ccnc(N2CCCC(C3CCCN3)C2)n1. The smallest absolute Gasteiger partial charge is 0.228 e. The lowest BCUT2D eigenvalue weighted by atomic mass is 9.90. The first-order valence-corrected chi connectivity index (χ1v) is 7.22. The molecule has 2 unspecified atom stereocenters. The highest BCUT2D eigenvalue weighted by atomic mass is 16.5. The van der Waals surface area contributed by atoms with Gasteiger partial charge in [0.2, 0.25) is 11.8 Å². The Morgan fingerprint density at radius 3 is 3.11 bits per heavy atom. The lowest BCUT2D eigenvalue weighted by Gasteiger charge is -2.35. The van der Waals surface area contributed by atoms with Crippen LogP contribution >= 0.6 is 0 Å².